The molecule has 0 radical (unpaired) electrons. The normalized spacial score (nSPS) is 33.8. The van der Waals surface area contributed by atoms with Crippen LogP contribution in [0.4, 0.5) is 0 Å². The van der Waals surface area contributed by atoms with Crippen LogP contribution in [0.2, 0.25) is 0 Å². The topological polar surface area (TPSA) is 88.1 Å². The summed E-state index contributed by atoms with van der Waals surface area (Å²) in [4.78, 5) is 27.9. The van der Waals surface area contributed by atoms with Crippen LogP contribution in [0, 0.1) is 17.8 Å². The van der Waals surface area contributed by atoms with E-state index in [0.29, 0.717) is 49.4 Å². The van der Waals surface area contributed by atoms with Gasteiger partial charge in [-0.05, 0) is 50.2 Å². The van der Waals surface area contributed by atoms with Gasteiger partial charge >= 0.3 is 0 Å². The number of carbonyl (C=O) groups is 2. The van der Waals surface area contributed by atoms with Crippen molar-refractivity contribution in [1.29, 1.82) is 0 Å². The Morgan fingerprint density at radius 2 is 2.07 bits per heavy atom. The van der Waals surface area contributed by atoms with Crippen molar-refractivity contribution in [2.45, 2.75) is 50.4 Å². The van der Waals surface area contributed by atoms with Gasteiger partial charge in [0, 0.05) is 37.4 Å². The molecule has 0 aromatic heterocycles. The van der Waals surface area contributed by atoms with E-state index < -0.39 is 5.72 Å². The molecular formula is C22H28N2O5. The monoisotopic (exact) mass is 400 g/mol. The number of nitrogens with one attached hydrogen (secondary N) is 1. The fourth-order valence-corrected chi connectivity index (χ4v) is 5.74. The van der Waals surface area contributed by atoms with Crippen molar-refractivity contribution in [3.8, 4) is 11.5 Å². The van der Waals surface area contributed by atoms with E-state index in [-0.39, 0.29) is 35.7 Å². The third-order valence-electron chi connectivity index (χ3n) is 7.36. The quantitative estimate of drug-likeness (QED) is 0.792. The highest BCUT2D eigenvalue weighted by molar-refractivity contribution is 5.98. The summed E-state index contributed by atoms with van der Waals surface area (Å²) in [6.45, 7) is 1.28. The molecule has 5 aliphatic rings. The first-order valence-electron chi connectivity index (χ1n) is 10.7. The van der Waals surface area contributed by atoms with Gasteiger partial charge in [-0.1, -0.05) is 0 Å². The van der Waals surface area contributed by atoms with Gasteiger partial charge < -0.3 is 24.8 Å². The van der Waals surface area contributed by atoms with Gasteiger partial charge in [0.05, 0.1) is 18.8 Å². The summed E-state index contributed by atoms with van der Waals surface area (Å²) in [5.41, 5.74) is -0.203. The largest absolute Gasteiger partial charge is 0.497 e. The van der Waals surface area contributed by atoms with E-state index in [2.05, 4.69) is 5.32 Å². The molecule has 3 aliphatic carbocycles. The van der Waals surface area contributed by atoms with Crippen LogP contribution in [0.25, 0.3) is 0 Å². The molecule has 1 aromatic carbocycles. The number of amides is 2. The van der Waals surface area contributed by atoms with E-state index >= 15 is 0 Å². The molecule has 1 aromatic rings. The summed E-state index contributed by atoms with van der Waals surface area (Å²) in [7, 11) is 1.60. The smallest absolute Gasteiger partial charge is 0.258 e. The van der Waals surface area contributed by atoms with Crippen molar-refractivity contribution in [1.82, 2.24) is 10.2 Å². The summed E-state index contributed by atoms with van der Waals surface area (Å²) in [6, 6.07) is 5.27. The molecule has 1 saturated heterocycles. The Morgan fingerprint density at radius 1 is 1.28 bits per heavy atom. The van der Waals surface area contributed by atoms with Crippen molar-refractivity contribution >= 4 is 11.8 Å². The number of piperidine rings is 1. The number of benzene rings is 1. The number of fused-ring (bicyclic) bond motifs is 3. The number of hydrogen-bond acceptors (Lipinski definition) is 5. The number of carbonyl (C=O) groups excluding carboxylic acids is 2. The third-order valence-corrected chi connectivity index (χ3v) is 7.36. The molecule has 4 fully saturated rings. The number of rotatable bonds is 2. The van der Waals surface area contributed by atoms with Crippen LogP contribution in [0.1, 0.15) is 48.9 Å². The van der Waals surface area contributed by atoms with Crippen molar-refractivity contribution in [3.63, 3.8) is 0 Å². The average molecular weight is 400 g/mol. The van der Waals surface area contributed by atoms with E-state index in [4.69, 9.17) is 9.47 Å². The maximum Gasteiger partial charge on any atom is 0.258 e. The van der Waals surface area contributed by atoms with E-state index in [1.807, 2.05) is 4.90 Å². The predicted octanol–water partition coefficient (Wildman–Crippen LogP) is 1.93. The highest BCUT2D eigenvalue weighted by Crippen LogP contribution is 2.53. The first kappa shape index (κ1) is 18.7. The zero-order valence-electron chi connectivity index (χ0n) is 16.7. The summed E-state index contributed by atoms with van der Waals surface area (Å²) in [5, 5.41) is 12.9. The molecule has 0 unspecified atom stereocenters. The third kappa shape index (κ3) is 3.06. The van der Waals surface area contributed by atoms with E-state index in [0.717, 1.165) is 19.3 Å². The lowest BCUT2D eigenvalue weighted by atomic mass is 9.59. The Hall–Kier alpha value is -2.28. The van der Waals surface area contributed by atoms with Gasteiger partial charge in [-0.2, -0.15) is 0 Å². The molecule has 2 amide bonds. The number of methoxy groups -OCH3 is 1. The summed E-state index contributed by atoms with van der Waals surface area (Å²) in [5.74, 6) is 1.62. The van der Waals surface area contributed by atoms with Crippen LogP contribution in [-0.4, -0.2) is 53.8 Å². The lowest BCUT2D eigenvalue weighted by Crippen LogP contribution is -2.67. The minimum atomic E-state index is -0.728. The molecule has 156 valence electrons. The maximum absolute atomic E-state index is 13.2. The number of aliphatic hydroxyl groups excluding tert-OH is 1. The van der Waals surface area contributed by atoms with Gasteiger partial charge in [-0.3, -0.25) is 9.59 Å². The van der Waals surface area contributed by atoms with Crippen molar-refractivity contribution in [2.75, 3.05) is 20.2 Å². The fraction of sp³-hybridized carbons (Fsp3) is 0.636. The van der Waals surface area contributed by atoms with E-state index in [9.17, 15) is 14.7 Å². The maximum atomic E-state index is 13.2. The molecule has 2 bridgehead atoms. The Bertz CT molecular complexity index is 834. The zero-order chi connectivity index (χ0) is 20.2. The molecule has 3 saturated carbocycles. The molecular weight excluding hydrogens is 372 g/mol. The Kier molecular flexibility index (Phi) is 4.46. The summed E-state index contributed by atoms with van der Waals surface area (Å²) >= 11 is 0. The summed E-state index contributed by atoms with van der Waals surface area (Å²) in [6.07, 6.45) is 4.38. The van der Waals surface area contributed by atoms with Crippen LogP contribution in [-0.2, 0) is 4.79 Å². The molecule has 29 heavy (non-hydrogen) atoms. The minimum absolute atomic E-state index is 0.0122. The van der Waals surface area contributed by atoms with Crippen molar-refractivity contribution in [3.05, 3.63) is 23.8 Å². The lowest BCUT2D eigenvalue weighted by Gasteiger charge is -2.55. The van der Waals surface area contributed by atoms with Crippen LogP contribution in [0.15, 0.2) is 18.2 Å². The van der Waals surface area contributed by atoms with Gasteiger partial charge in [-0.25, -0.2) is 0 Å². The van der Waals surface area contributed by atoms with E-state index in [1.165, 1.54) is 0 Å². The fourth-order valence-electron chi connectivity index (χ4n) is 5.74. The molecule has 2 N–H and O–H groups in total. The van der Waals surface area contributed by atoms with E-state index in [1.54, 1.807) is 25.3 Å². The standard InChI is InChI=1S/C22H28N2O5/c1-28-16-4-5-17-19(11-16)29-22(23-20(17)26)12-13-2-3-14(22)10-18(13)21(27)24-8-6-15(25)7-9-24/h4-5,11,13-15,18,25H,2-3,6-10,12H2,1H3,(H,23,26)/t13-,14+,18-,22-/m1/s1. The first-order valence-corrected chi connectivity index (χ1v) is 10.7. The number of likely N-dealkylation sites (tertiary alicyclic amines) is 1. The number of nitrogens with zero attached hydrogens (tertiary/aromatic N) is 1. The predicted molar refractivity (Wildman–Crippen MR) is 105 cm³/mol. The van der Waals surface area contributed by atoms with Crippen molar-refractivity contribution in [2.24, 2.45) is 17.8 Å². The Labute approximate surface area is 170 Å². The molecule has 7 heteroatoms. The second kappa shape index (κ2) is 6.90. The lowest BCUT2D eigenvalue weighted by molar-refractivity contribution is -0.157. The van der Waals surface area contributed by atoms with Gasteiger partial charge in [0.1, 0.15) is 11.5 Å². The van der Waals surface area contributed by atoms with Gasteiger partial charge in [-0.15, -0.1) is 0 Å². The number of aliphatic hydroxyl groups is 1. The molecule has 4 atom stereocenters. The Balaban J connectivity index is 1.36. The molecule has 2 heterocycles. The molecule has 7 nitrogen and oxygen atoms in total. The SMILES string of the molecule is COc1ccc2c(c1)O[C@@]1(C[C@H]3CC[C@H]1C[C@H]3C(=O)N1CCC(O)CC1)NC2=O. The van der Waals surface area contributed by atoms with Crippen LogP contribution in [0.3, 0.4) is 0 Å². The van der Waals surface area contributed by atoms with Crippen LogP contribution in [0.5, 0.6) is 11.5 Å². The van der Waals surface area contributed by atoms with Gasteiger partial charge in [0.2, 0.25) is 5.91 Å². The number of ether oxygens (including phenoxy) is 2. The highest BCUT2D eigenvalue weighted by Gasteiger charge is 2.57. The molecule has 1 spiro atoms. The second-order valence-electron chi connectivity index (χ2n) is 8.94. The second-order valence-corrected chi connectivity index (χ2v) is 8.94. The highest BCUT2D eigenvalue weighted by atomic mass is 16.5. The van der Waals surface area contributed by atoms with Gasteiger partial charge in [0.15, 0.2) is 5.72 Å². The Morgan fingerprint density at radius 3 is 2.76 bits per heavy atom. The molecule has 2 aliphatic heterocycles. The van der Waals surface area contributed by atoms with Crippen LogP contribution >= 0.6 is 0 Å². The average Bonchev–Trinajstić information content (AvgIpc) is 2.73. The number of hydrogen-bond donors (Lipinski definition) is 2. The molecule has 6 rings (SSSR count). The van der Waals surface area contributed by atoms with Crippen molar-refractivity contribution < 1.29 is 24.2 Å². The first-order chi connectivity index (χ1) is 14.0. The summed E-state index contributed by atoms with van der Waals surface area (Å²) < 4.78 is 11.7. The van der Waals surface area contributed by atoms with Crippen LogP contribution < -0.4 is 14.8 Å². The van der Waals surface area contributed by atoms with Gasteiger partial charge in [0.25, 0.3) is 5.91 Å². The minimum Gasteiger partial charge on any atom is -0.497 e. The zero-order valence-corrected chi connectivity index (χ0v) is 16.7.